The zero-order valence-corrected chi connectivity index (χ0v) is 16.8. The number of carbonyl (C=O) groups excluding carboxylic acids is 1. The Hall–Kier alpha value is -2.87. The van der Waals surface area contributed by atoms with Crippen molar-refractivity contribution in [3.05, 3.63) is 53.2 Å². The summed E-state index contributed by atoms with van der Waals surface area (Å²) in [5, 5.41) is 0.498. The molecule has 0 unspecified atom stereocenters. The highest BCUT2D eigenvalue weighted by atomic mass is 32.1. The van der Waals surface area contributed by atoms with Gasteiger partial charge in [-0.1, -0.05) is 6.92 Å². The average molecular weight is 409 g/mol. The maximum absolute atomic E-state index is 14.8. The summed E-state index contributed by atoms with van der Waals surface area (Å²) in [6.07, 6.45) is 5.51. The third-order valence-corrected chi connectivity index (χ3v) is 6.69. The van der Waals surface area contributed by atoms with Crippen LogP contribution in [0.25, 0.3) is 10.6 Å². The van der Waals surface area contributed by atoms with E-state index in [4.69, 9.17) is 0 Å². The van der Waals surface area contributed by atoms with Crippen LogP contribution in [0.2, 0.25) is 0 Å². The molecule has 0 aromatic carbocycles. The van der Waals surface area contributed by atoms with Crippen molar-refractivity contribution >= 4 is 28.7 Å². The van der Waals surface area contributed by atoms with Crippen LogP contribution in [0.1, 0.15) is 35.1 Å². The third-order valence-electron chi connectivity index (χ3n) is 5.57. The molecule has 6 nitrogen and oxygen atoms in total. The van der Waals surface area contributed by atoms with Crippen LogP contribution in [-0.2, 0) is 6.54 Å². The Balaban J connectivity index is 1.39. The molecule has 2 aliphatic heterocycles. The molecule has 0 bridgehead atoms. The summed E-state index contributed by atoms with van der Waals surface area (Å²) in [5.41, 5.74) is 1.75. The number of rotatable bonds is 3. The van der Waals surface area contributed by atoms with Gasteiger partial charge in [-0.2, -0.15) is 4.39 Å². The molecule has 0 saturated carbocycles. The first-order valence-electron chi connectivity index (χ1n) is 9.73. The van der Waals surface area contributed by atoms with Crippen LogP contribution >= 0.6 is 11.3 Å². The maximum Gasteiger partial charge on any atom is 0.270 e. The Morgan fingerprint density at radius 2 is 2.00 bits per heavy atom. The lowest BCUT2D eigenvalue weighted by molar-refractivity contribution is 0.1000. The van der Waals surface area contributed by atoms with Crippen molar-refractivity contribution in [2.24, 2.45) is 5.92 Å². The van der Waals surface area contributed by atoms with E-state index in [2.05, 4.69) is 26.8 Å². The third kappa shape index (κ3) is 3.27. The molecule has 5 rings (SSSR count). The van der Waals surface area contributed by atoms with E-state index in [1.54, 1.807) is 29.4 Å². The van der Waals surface area contributed by atoms with E-state index in [0.29, 0.717) is 39.4 Å². The second-order valence-electron chi connectivity index (χ2n) is 7.57. The Labute approximate surface area is 172 Å². The van der Waals surface area contributed by atoms with Crippen molar-refractivity contribution in [1.82, 2.24) is 15.0 Å². The van der Waals surface area contributed by atoms with Gasteiger partial charge in [0.1, 0.15) is 15.7 Å². The van der Waals surface area contributed by atoms with Gasteiger partial charge in [0.15, 0.2) is 0 Å². The van der Waals surface area contributed by atoms with Crippen LogP contribution in [0.4, 0.5) is 15.9 Å². The predicted molar refractivity (Wildman–Crippen MR) is 111 cm³/mol. The van der Waals surface area contributed by atoms with Crippen LogP contribution in [0, 0.1) is 11.9 Å². The van der Waals surface area contributed by atoms with Crippen LogP contribution in [0.5, 0.6) is 0 Å². The molecule has 0 aliphatic carbocycles. The number of pyridine rings is 2. The van der Waals surface area contributed by atoms with Crippen LogP contribution in [-0.4, -0.2) is 33.9 Å². The summed E-state index contributed by atoms with van der Waals surface area (Å²) in [4.78, 5) is 29.9. The highest BCUT2D eigenvalue weighted by Gasteiger charge is 2.33. The van der Waals surface area contributed by atoms with Crippen molar-refractivity contribution < 1.29 is 9.18 Å². The molecule has 2 aliphatic rings. The lowest BCUT2D eigenvalue weighted by atomic mass is 9.99. The standard InChI is InChI=1S/C21H20FN5OS/c1-13-6-9-26(10-7-13)17-5-4-15(19(22)25-17)20-24-16-12-27(21(28)18(16)29-20)14-3-2-8-23-11-14/h2-5,8,11,13H,6-7,9-10,12H2,1H3. The number of hydrogen-bond donors (Lipinski definition) is 0. The molecule has 1 amide bonds. The van der Waals surface area contributed by atoms with E-state index >= 15 is 0 Å². The van der Waals surface area contributed by atoms with Crippen molar-refractivity contribution in [3.63, 3.8) is 0 Å². The number of thiazole rings is 1. The number of hydrogen-bond acceptors (Lipinski definition) is 6. The molecule has 0 radical (unpaired) electrons. The SMILES string of the molecule is CC1CCN(c2ccc(-c3nc4c(s3)C(=O)N(c3cccnc3)C4)c(F)n2)CC1. The van der Waals surface area contributed by atoms with E-state index in [9.17, 15) is 9.18 Å². The number of anilines is 2. The lowest BCUT2D eigenvalue weighted by Crippen LogP contribution is -2.33. The van der Waals surface area contributed by atoms with Crippen molar-refractivity contribution in [3.8, 4) is 10.6 Å². The second-order valence-corrected chi connectivity index (χ2v) is 8.57. The quantitative estimate of drug-likeness (QED) is 0.609. The average Bonchev–Trinajstić information content (AvgIpc) is 3.28. The molecule has 5 heterocycles. The Morgan fingerprint density at radius 1 is 1.17 bits per heavy atom. The number of amides is 1. The molecular weight excluding hydrogens is 389 g/mol. The molecule has 3 aromatic heterocycles. The second kappa shape index (κ2) is 7.18. The summed E-state index contributed by atoms with van der Waals surface area (Å²) < 4.78 is 14.8. The van der Waals surface area contributed by atoms with Crippen LogP contribution < -0.4 is 9.80 Å². The number of carbonyl (C=O) groups is 1. The monoisotopic (exact) mass is 409 g/mol. The number of fused-ring (bicyclic) bond motifs is 1. The van der Waals surface area contributed by atoms with Gasteiger partial charge in [-0.05, 0) is 43.0 Å². The molecule has 0 spiro atoms. The van der Waals surface area contributed by atoms with E-state index in [0.717, 1.165) is 31.6 Å². The van der Waals surface area contributed by atoms with Gasteiger partial charge in [0.2, 0.25) is 5.95 Å². The number of nitrogens with zero attached hydrogens (tertiary/aromatic N) is 5. The highest BCUT2D eigenvalue weighted by molar-refractivity contribution is 7.17. The Bertz CT molecular complexity index is 1060. The normalized spacial score (nSPS) is 17.1. The van der Waals surface area contributed by atoms with Crippen LogP contribution in [0.15, 0.2) is 36.7 Å². The van der Waals surface area contributed by atoms with E-state index < -0.39 is 5.95 Å². The van der Waals surface area contributed by atoms with Gasteiger partial charge in [-0.25, -0.2) is 9.97 Å². The summed E-state index contributed by atoms with van der Waals surface area (Å²) in [7, 11) is 0. The van der Waals surface area contributed by atoms with Gasteiger partial charge in [-0.15, -0.1) is 11.3 Å². The smallest absolute Gasteiger partial charge is 0.270 e. The molecular formula is C21H20FN5OS. The molecule has 1 saturated heterocycles. The first-order valence-corrected chi connectivity index (χ1v) is 10.6. The van der Waals surface area contributed by atoms with Crippen molar-refractivity contribution in [2.75, 3.05) is 22.9 Å². The fourth-order valence-electron chi connectivity index (χ4n) is 3.81. The minimum atomic E-state index is -0.537. The van der Waals surface area contributed by atoms with Gasteiger partial charge < -0.3 is 4.90 Å². The summed E-state index contributed by atoms with van der Waals surface area (Å²) in [5.74, 6) is 0.715. The van der Waals surface area contributed by atoms with Crippen molar-refractivity contribution in [2.45, 2.75) is 26.3 Å². The summed E-state index contributed by atoms with van der Waals surface area (Å²) in [6, 6.07) is 7.21. The Kier molecular flexibility index (Phi) is 4.50. The summed E-state index contributed by atoms with van der Waals surface area (Å²) in [6.45, 7) is 4.41. The molecule has 8 heteroatoms. The van der Waals surface area contributed by atoms with Gasteiger partial charge in [0.05, 0.1) is 29.7 Å². The van der Waals surface area contributed by atoms with Gasteiger partial charge in [-0.3, -0.25) is 14.7 Å². The summed E-state index contributed by atoms with van der Waals surface area (Å²) >= 11 is 1.22. The van der Waals surface area contributed by atoms with Gasteiger partial charge >= 0.3 is 0 Å². The largest absolute Gasteiger partial charge is 0.357 e. The van der Waals surface area contributed by atoms with Gasteiger partial charge in [0.25, 0.3) is 5.91 Å². The van der Waals surface area contributed by atoms with Gasteiger partial charge in [0, 0.05) is 19.3 Å². The number of halogens is 1. The molecule has 0 atom stereocenters. The zero-order chi connectivity index (χ0) is 20.0. The highest BCUT2D eigenvalue weighted by Crippen LogP contribution is 2.36. The fraction of sp³-hybridized carbons (Fsp3) is 0.333. The van der Waals surface area contributed by atoms with Crippen molar-refractivity contribution in [1.29, 1.82) is 0 Å². The molecule has 3 aromatic rings. The first-order chi connectivity index (χ1) is 14.1. The molecule has 1 fully saturated rings. The fourth-order valence-corrected chi connectivity index (χ4v) is 4.84. The minimum Gasteiger partial charge on any atom is -0.357 e. The number of piperidine rings is 1. The van der Waals surface area contributed by atoms with E-state index in [1.165, 1.54) is 11.3 Å². The van der Waals surface area contributed by atoms with E-state index in [1.807, 2.05) is 12.1 Å². The Morgan fingerprint density at radius 3 is 2.69 bits per heavy atom. The molecule has 0 N–H and O–H groups in total. The number of aromatic nitrogens is 3. The lowest BCUT2D eigenvalue weighted by Gasteiger charge is -2.31. The maximum atomic E-state index is 14.8. The minimum absolute atomic E-state index is 0.121. The topological polar surface area (TPSA) is 62.2 Å². The van der Waals surface area contributed by atoms with E-state index in [-0.39, 0.29) is 5.91 Å². The molecule has 29 heavy (non-hydrogen) atoms. The predicted octanol–water partition coefficient (Wildman–Crippen LogP) is 4.14. The first kappa shape index (κ1) is 18.2. The molecule has 148 valence electrons. The zero-order valence-electron chi connectivity index (χ0n) is 16.0. The van der Waals surface area contributed by atoms with Crippen LogP contribution in [0.3, 0.4) is 0 Å².